The van der Waals surface area contributed by atoms with E-state index in [2.05, 4.69) is 65.2 Å². The SMILES string of the molecule is CNC(Cc1cc(C)ccc1C)C1C(C)OC(C)C1C. The van der Waals surface area contributed by atoms with Crippen molar-refractivity contribution in [2.75, 3.05) is 7.05 Å². The lowest BCUT2D eigenvalue weighted by atomic mass is 9.80. The van der Waals surface area contributed by atoms with Gasteiger partial charge in [-0.1, -0.05) is 30.7 Å². The summed E-state index contributed by atoms with van der Waals surface area (Å²) in [5, 5.41) is 3.54. The summed E-state index contributed by atoms with van der Waals surface area (Å²) in [5.74, 6) is 1.18. The Labute approximate surface area is 123 Å². The molecule has 1 heterocycles. The average Bonchev–Trinajstić information content (AvgIpc) is 2.65. The lowest BCUT2D eigenvalue weighted by Gasteiger charge is -2.29. The van der Waals surface area contributed by atoms with Gasteiger partial charge in [-0.3, -0.25) is 0 Å². The zero-order chi connectivity index (χ0) is 14.9. The summed E-state index contributed by atoms with van der Waals surface area (Å²) >= 11 is 0. The van der Waals surface area contributed by atoms with Gasteiger partial charge in [-0.2, -0.15) is 0 Å². The van der Waals surface area contributed by atoms with Crippen molar-refractivity contribution in [2.24, 2.45) is 11.8 Å². The maximum atomic E-state index is 6.02. The topological polar surface area (TPSA) is 21.3 Å². The molecular formula is C18H29NO. The van der Waals surface area contributed by atoms with Crippen molar-refractivity contribution >= 4 is 0 Å². The van der Waals surface area contributed by atoms with Crippen LogP contribution in [-0.2, 0) is 11.2 Å². The molecule has 2 rings (SSSR count). The van der Waals surface area contributed by atoms with Gasteiger partial charge < -0.3 is 10.1 Å². The summed E-state index contributed by atoms with van der Waals surface area (Å²) in [6.45, 7) is 11.1. The number of nitrogens with one attached hydrogen (secondary N) is 1. The first-order chi connectivity index (χ1) is 9.43. The molecule has 0 bridgehead atoms. The smallest absolute Gasteiger partial charge is 0.0597 e. The predicted octanol–water partition coefficient (Wildman–Crippen LogP) is 3.49. The molecule has 0 saturated carbocycles. The highest BCUT2D eigenvalue weighted by atomic mass is 16.5. The van der Waals surface area contributed by atoms with Crippen molar-refractivity contribution in [3.05, 3.63) is 34.9 Å². The number of benzene rings is 1. The lowest BCUT2D eigenvalue weighted by Crippen LogP contribution is -2.41. The van der Waals surface area contributed by atoms with Crippen LogP contribution in [-0.4, -0.2) is 25.3 Å². The largest absolute Gasteiger partial charge is 0.375 e. The van der Waals surface area contributed by atoms with Gasteiger partial charge in [0.25, 0.3) is 0 Å². The monoisotopic (exact) mass is 275 g/mol. The molecule has 20 heavy (non-hydrogen) atoms. The van der Waals surface area contributed by atoms with E-state index < -0.39 is 0 Å². The Morgan fingerprint density at radius 1 is 1.15 bits per heavy atom. The fraction of sp³-hybridized carbons (Fsp3) is 0.667. The highest BCUT2D eigenvalue weighted by Gasteiger charge is 2.41. The van der Waals surface area contributed by atoms with Gasteiger partial charge >= 0.3 is 0 Å². The fourth-order valence-electron chi connectivity index (χ4n) is 3.67. The molecule has 5 atom stereocenters. The molecule has 5 unspecified atom stereocenters. The second-order valence-electron chi connectivity index (χ2n) is 6.51. The van der Waals surface area contributed by atoms with E-state index >= 15 is 0 Å². The number of ether oxygens (including phenoxy) is 1. The molecular weight excluding hydrogens is 246 g/mol. The molecule has 0 spiro atoms. The van der Waals surface area contributed by atoms with Crippen molar-refractivity contribution in [2.45, 2.75) is 59.3 Å². The Morgan fingerprint density at radius 2 is 1.85 bits per heavy atom. The van der Waals surface area contributed by atoms with Crippen LogP contribution in [0.15, 0.2) is 18.2 Å². The highest BCUT2D eigenvalue weighted by Crippen LogP contribution is 2.35. The summed E-state index contributed by atoms with van der Waals surface area (Å²) < 4.78 is 6.02. The molecule has 1 aliphatic heterocycles. The van der Waals surface area contributed by atoms with E-state index in [-0.39, 0.29) is 0 Å². The van der Waals surface area contributed by atoms with Crippen LogP contribution in [0.4, 0.5) is 0 Å². The van der Waals surface area contributed by atoms with Crippen LogP contribution in [0, 0.1) is 25.7 Å². The summed E-state index contributed by atoms with van der Waals surface area (Å²) in [5.41, 5.74) is 4.20. The van der Waals surface area contributed by atoms with Crippen LogP contribution < -0.4 is 5.32 Å². The van der Waals surface area contributed by atoms with E-state index in [0.717, 1.165) is 6.42 Å². The molecule has 0 aromatic heterocycles. The zero-order valence-electron chi connectivity index (χ0n) is 13.7. The van der Waals surface area contributed by atoms with Gasteiger partial charge in [-0.15, -0.1) is 0 Å². The maximum Gasteiger partial charge on any atom is 0.0597 e. The van der Waals surface area contributed by atoms with Gasteiger partial charge in [0.15, 0.2) is 0 Å². The Bertz CT molecular complexity index is 457. The number of hydrogen-bond acceptors (Lipinski definition) is 2. The van der Waals surface area contributed by atoms with Crippen LogP contribution in [0.1, 0.15) is 37.5 Å². The lowest BCUT2D eigenvalue weighted by molar-refractivity contribution is 0.0479. The van der Waals surface area contributed by atoms with Crippen LogP contribution >= 0.6 is 0 Å². The Morgan fingerprint density at radius 3 is 2.40 bits per heavy atom. The standard InChI is InChI=1S/C18H29NO/c1-11-7-8-12(2)16(9-11)10-17(19-6)18-13(3)14(4)20-15(18)5/h7-9,13-15,17-19H,10H2,1-6H3. The summed E-state index contributed by atoms with van der Waals surface area (Å²) in [6, 6.07) is 7.23. The van der Waals surface area contributed by atoms with Crippen LogP contribution in [0.3, 0.4) is 0 Å². The Kier molecular flexibility index (Phi) is 4.87. The summed E-state index contributed by atoms with van der Waals surface area (Å²) in [4.78, 5) is 0. The predicted molar refractivity (Wildman–Crippen MR) is 85.1 cm³/mol. The second-order valence-corrected chi connectivity index (χ2v) is 6.51. The third-order valence-corrected chi connectivity index (χ3v) is 5.10. The van der Waals surface area contributed by atoms with E-state index in [0.29, 0.717) is 30.1 Å². The molecule has 1 N–H and O–H groups in total. The summed E-state index contributed by atoms with van der Waals surface area (Å²) in [6.07, 6.45) is 1.78. The molecule has 0 aliphatic carbocycles. The van der Waals surface area contributed by atoms with Gasteiger partial charge in [0.05, 0.1) is 12.2 Å². The van der Waals surface area contributed by atoms with E-state index in [4.69, 9.17) is 4.74 Å². The van der Waals surface area contributed by atoms with Crippen molar-refractivity contribution in [3.8, 4) is 0 Å². The Hall–Kier alpha value is -0.860. The molecule has 112 valence electrons. The van der Waals surface area contributed by atoms with E-state index in [1.165, 1.54) is 16.7 Å². The van der Waals surface area contributed by atoms with Crippen LogP contribution in [0.2, 0.25) is 0 Å². The molecule has 1 aromatic carbocycles. The number of hydrogen-bond donors (Lipinski definition) is 1. The quantitative estimate of drug-likeness (QED) is 0.908. The van der Waals surface area contributed by atoms with Crippen molar-refractivity contribution < 1.29 is 4.74 Å². The van der Waals surface area contributed by atoms with Crippen LogP contribution in [0.25, 0.3) is 0 Å². The van der Waals surface area contributed by atoms with Gasteiger partial charge in [0, 0.05) is 12.0 Å². The van der Waals surface area contributed by atoms with Crippen LogP contribution in [0.5, 0.6) is 0 Å². The number of rotatable bonds is 4. The third kappa shape index (κ3) is 3.07. The van der Waals surface area contributed by atoms with Gasteiger partial charge in [0.2, 0.25) is 0 Å². The minimum atomic E-state index is 0.336. The summed E-state index contributed by atoms with van der Waals surface area (Å²) in [7, 11) is 2.08. The first-order valence-electron chi connectivity index (χ1n) is 7.83. The van der Waals surface area contributed by atoms with E-state index in [1.807, 2.05) is 0 Å². The Balaban J connectivity index is 2.19. The molecule has 0 radical (unpaired) electrons. The number of likely N-dealkylation sites (N-methyl/N-ethyl adjacent to an activating group) is 1. The molecule has 1 aliphatic rings. The molecule has 1 fully saturated rings. The van der Waals surface area contributed by atoms with Crippen molar-refractivity contribution in [1.82, 2.24) is 5.32 Å². The third-order valence-electron chi connectivity index (χ3n) is 5.10. The highest BCUT2D eigenvalue weighted by molar-refractivity contribution is 5.31. The van der Waals surface area contributed by atoms with Gasteiger partial charge in [0.1, 0.15) is 0 Å². The normalized spacial score (nSPS) is 31.5. The second kappa shape index (κ2) is 6.28. The van der Waals surface area contributed by atoms with E-state index in [9.17, 15) is 0 Å². The molecule has 1 saturated heterocycles. The molecule has 0 amide bonds. The average molecular weight is 275 g/mol. The van der Waals surface area contributed by atoms with Gasteiger partial charge in [-0.25, -0.2) is 0 Å². The first kappa shape index (κ1) is 15.5. The molecule has 1 aromatic rings. The van der Waals surface area contributed by atoms with E-state index in [1.54, 1.807) is 0 Å². The zero-order valence-corrected chi connectivity index (χ0v) is 13.7. The molecule has 2 nitrogen and oxygen atoms in total. The first-order valence-corrected chi connectivity index (χ1v) is 7.83. The minimum absolute atomic E-state index is 0.336. The fourth-order valence-corrected chi connectivity index (χ4v) is 3.67. The minimum Gasteiger partial charge on any atom is -0.375 e. The number of aryl methyl sites for hydroxylation is 2. The molecule has 2 heteroatoms. The van der Waals surface area contributed by atoms with Crippen molar-refractivity contribution in [3.63, 3.8) is 0 Å². The van der Waals surface area contributed by atoms with Gasteiger partial charge in [-0.05, 0) is 58.2 Å². The van der Waals surface area contributed by atoms with Crippen molar-refractivity contribution in [1.29, 1.82) is 0 Å². The maximum absolute atomic E-state index is 6.02.